The van der Waals surface area contributed by atoms with Gasteiger partial charge in [-0.2, -0.15) is 5.48 Å². The number of benzene rings is 1. The molecule has 0 fully saturated rings. The molecule has 0 aliphatic carbocycles. The first-order chi connectivity index (χ1) is 7.19. The fraction of sp³-hybridized carbons (Fsp3) is 0.500. The number of methoxy groups -OCH3 is 1. The van der Waals surface area contributed by atoms with Gasteiger partial charge in [-0.15, -0.1) is 0 Å². The summed E-state index contributed by atoms with van der Waals surface area (Å²) in [6.45, 7) is 6.69. The van der Waals surface area contributed by atoms with E-state index in [9.17, 15) is 0 Å². The van der Waals surface area contributed by atoms with Crippen LogP contribution in [0, 0.1) is 6.92 Å². The van der Waals surface area contributed by atoms with Crippen LogP contribution in [0.15, 0.2) is 18.2 Å². The van der Waals surface area contributed by atoms with Gasteiger partial charge in [0.2, 0.25) is 0 Å². The van der Waals surface area contributed by atoms with E-state index in [2.05, 4.69) is 17.6 Å². The number of hydrogen-bond donors (Lipinski definition) is 1. The highest BCUT2D eigenvalue weighted by molar-refractivity contribution is 5.38. The van der Waals surface area contributed by atoms with Gasteiger partial charge in [0.15, 0.2) is 0 Å². The van der Waals surface area contributed by atoms with Crippen molar-refractivity contribution in [1.29, 1.82) is 0 Å². The zero-order chi connectivity index (χ0) is 11.3. The highest BCUT2D eigenvalue weighted by Gasteiger charge is 2.10. The highest BCUT2D eigenvalue weighted by atomic mass is 16.6. The molecule has 0 saturated heterocycles. The van der Waals surface area contributed by atoms with Crippen molar-refractivity contribution in [1.82, 2.24) is 5.48 Å². The third kappa shape index (κ3) is 3.22. The van der Waals surface area contributed by atoms with E-state index in [1.165, 1.54) is 5.56 Å². The summed E-state index contributed by atoms with van der Waals surface area (Å²) >= 11 is 0. The van der Waals surface area contributed by atoms with Crippen LogP contribution in [0.5, 0.6) is 5.75 Å². The topological polar surface area (TPSA) is 30.5 Å². The van der Waals surface area contributed by atoms with Gasteiger partial charge in [0, 0.05) is 5.56 Å². The molecule has 1 aromatic carbocycles. The van der Waals surface area contributed by atoms with Crippen LogP contribution in [0.3, 0.4) is 0 Å². The van der Waals surface area contributed by atoms with Crippen molar-refractivity contribution in [3.8, 4) is 5.75 Å². The van der Waals surface area contributed by atoms with E-state index >= 15 is 0 Å². The average Bonchev–Trinajstić information content (AvgIpc) is 2.25. The minimum absolute atomic E-state index is 0.125. The molecular formula is C12H19NO2. The Morgan fingerprint density at radius 2 is 2.13 bits per heavy atom. The predicted molar refractivity (Wildman–Crippen MR) is 60.9 cm³/mol. The molecule has 1 atom stereocenters. The Bertz CT molecular complexity index is 312. The summed E-state index contributed by atoms with van der Waals surface area (Å²) in [6.07, 6.45) is 0. The SMILES string of the molecule is CCONC(C)c1ccc(C)cc1OC. The summed E-state index contributed by atoms with van der Waals surface area (Å²) in [5, 5.41) is 0. The largest absolute Gasteiger partial charge is 0.496 e. The molecule has 1 N–H and O–H groups in total. The second-order valence-corrected chi connectivity index (χ2v) is 3.52. The molecule has 0 aliphatic heterocycles. The number of aryl methyl sites for hydroxylation is 1. The maximum Gasteiger partial charge on any atom is 0.123 e. The standard InChI is InChI=1S/C12H19NO2/c1-5-15-13-10(3)11-7-6-9(2)8-12(11)14-4/h6-8,10,13H,5H2,1-4H3. The van der Waals surface area contributed by atoms with Crippen molar-refractivity contribution in [2.45, 2.75) is 26.8 Å². The normalized spacial score (nSPS) is 12.5. The van der Waals surface area contributed by atoms with Crippen LogP contribution in [-0.2, 0) is 4.84 Å². The lowest BCUT2D eigenvalue weighted by molar-refractivity contribution is 0.0279. The highest BCUT2D eigenvalue weighted by Crippen LogP contribution is 2.25. The Kier molecular flexibility index (Phi) is 4.59. The van der Waals surface area contributed by atoms with Crippen LogP contribution < -0.4 is 10.2 Å². The first-order valence-corrected chi connectivity index (χ1v) is 5.21. The monoisotopic (exact) mass is 209 g/mol. The van der Waals surface area contributed by atoms with E-state index in [1.807, 2.05) is 26.8 Å². The van der Waals surface area contributed by atoms with Crippen LogP contribution in [0.4, 0.5) is 0 Å². The third-order valence-electron chi connectivity index (χ3n) is 2.26. The van der Waals surface area contributed by atoms with Gasteiger partial charge in [-0.1, -0.05) is 12.1 Å². The lowest BCUT2D eigenvalue weighted by Gasteiger charge is -2.17. The zero-order valence-electron chi connectivity index (χ0n) is 9.83. The molecule has 0 spiro atoms. The Labute approximate surface area is 91.4 Å². The van der Waals surface area contributed by atoms with Crippen molar-refractivity contribution >= 4 is 0 Å². The molecule has 0 amide bonds. The van der Waals surface area contributed by atoms with E-state index in [4.69, 9.17) is 9.57 Å². The van der Waals surface area contributed by atoms with Crippen molar-refractivity contribution in [3.05, 3.63) is 29.3 Å². The molecule has 0 aliphatic rings. The fourth-order valence-corrected chi connectivity index (χ4v) is 1.45. The van der Waals surface area contributed by atoms with Gasteiger partial charge < -0.3 is 9.57 Å². The van der Waals surface area contributed by atoms with Gasteiger partial charge in [0.1, 0.15) is 5.75 Å². The number of rotatable bonds is 5. The van der Waals surface area contributed by atoms with Gasteiger partial charge in [-0.25, -0.2) is 0 Å². The van der Waals surface area contributed by atoms with Crippen LogP contribution in [0.2, 0.25) is 0 Å². The maximum atomic E-state index is 5.33. The van der Waals surface area contributed by atoms with Gasteiger partial charge in [0.05, 0.1) is 19.8 Å². The summed E-state index contributed by atoms with van der Waals surface area (Å²) < 4.78 is 5.33. The van der Waals surface area contributed by atoms with Gasteiger partial charge in [0.25, 0.3) is 0 Å². The molecular weight excluding hydrogens is 190 g/mol. The Morgan fingerprint density at radius 1 is 1.40 bits per heavy atom. The second-order valence-electron chi connectivity index (χ2n) is 3.52. The van der Waals surface area contributed by atoms with Crippen LogP contribution in [-0.4, -0.2) is 13.7 Å². The molecule has 1 rings (SSSR count). The summed E-state index contributed by atoms with van der Waals surface area (Å²) in [7, 11) is 1.69. The Balaban J connectivity index is 2.82. The molecule has 0 heterocycles. The molecule has 3 nitrogen and oxygen atoms in total. The van der Waals surface area contributed by atoms with Crippen molar-refractivity contribution < 1.29 is 9.57 Å². The van der Waals surface area contributed by atoms with Crippen LogP contribution in [0.1, 0.15) is 31.0 Å². The molecule has 0 radical (unpaired) electrons. The molecule has 3 heteroatoms. The van der Waals surface area contributed by atoms with E-state index in [-0.39, 0.29) is 6.04 Å². The van der Waals surface area contributed by atoms with E-state index < -0.39 is 0 Å². The molecule has 0 saturated carbocycles. The molecule has 15 heavy (non-hydrogen) atoms. The molecule has 0 bridgehead atoms. The van der Waals surface area contributed by atoms with E-state index in [0.29, 0.717) is 6.61 Å². The summed E-state index contributed by atoms with van der Waals surface area (Å²) in [4.78, 5) is 5.17. The van der Waals surface area contributed by atoms with Crippen molar-refractivity contribution in [2.24, 2.45) is 0 Å². The number of nitrogens with one attached hydrogen (secondary N) is 1. The first kappa shape index (κ1) is 12.0. The minimum Gasteiger partial charge on any atom is -0.496 e. The Morgan fingerprint density at radius 3 is 2.73 bits per heavy atom. The smallest absolute Gasteiger partial charge is 0.123 e. The first-order valence-electron chi connectivity index (χ1n) is 5.21. The van der Waals surface area contributed by atoms with Gasteiger partial charge in [-0.3, -0.25) is 0 Å². The predicted octanol–water partition coefficient (Wildman–Crippen LogP) is 2.61. The number of hydrogen-bond acceptors (Lipinski definition) is 3. The van der Waals surface area contributed by atoms with Gasteiger partial charge >= 0.3 is 0 Å². The number of hydroxylamine groups is 1. The zero-order valence-corrected chi connectivity index (χ0v) is 9.83. The lowest BCUT2D eigenvalue weighted by atomic mass is 10.1. The molecule has 1 aromatic rings. The minimum atomic E-state index is 0.125. The average molecular weight is 209 g/mol. The summed E-state index contributed by atoms with van der Waals surface area (Å²) in [6, 6.07) is 6.28. The van der Waals surface area contributed by atoms with E-state index in [0.717, 1.165) is 11.3 Å². The van der Waals surface area contributed by atoms with Crippen molar-refractivity contribution in [2.75, 3.05) is 13.7 Å². The summed E-state index contributed by atoms with van der Waals surface area (Å²) in [5.74, 6) is 0.898. The lowest BCUT2D eigenvalue weighted by Crippen LogP contribution is -2.19. The molecule has 1 unspecified atom stereocenters. The van der Waals surface area contributed by atoms with Crippen LogP contribution >= 0.6 is 0 Å². The third-order valence-corrected chi connectivity index (χ3v) is 2.26. The maximum absolute atomic E-state index is 5.33. The molecule has 84 valence electrons. The van der Waals surface area contributed by atoms with E-state index in [1.54, 1.807) is 7.11 Å². The number of ether oxygens (including phenoxy) is 1. The summed E-state index contributed by atoms with van der Waals surface area (Å²) in [5.41, 5.74) is 5.26. The van der Waals surface area contributed by atoms with Crippen LogP contribution in [0.25, 0.3) is 0 Å². The van der Waals surface area contributed by atoms with Gasteiger partial charge in [-0.05, 0) is 32.4 Å². The second kappa shape index (κ2) is 5.73. The fourth-order valence-electron chi connectivity index (χ4n) is 1.45. The quantitative estimate of drug-likeness (QED) is 0.756. The molecule has 0 aromatic heterocycles. The Hall–Kier alpha value is -1.06. The van der Waals surface area contributed by atoms with Crippen molar-refractivity contribution in [3.63, 3.8) is 0 Å².